The third-order valence-electron chi connectivity index (χ3n) is 1.85. The number of hydrogen-bond donors (Lipinski definition) is 1. The van der Waals surface area contributed by atoms with Crippen molar-refractivity contribution < 1.29 is 19.4 Å². The molecule has 0 fully saturated rings. The van der Waals surface area contributed by atoms with E-state index in [0.717, 1.165) is 0 Å². The second kappa shape index (κ2) is 5.27. The SMILES string of the molecule is CCOC(=O)c1cc(Cl)c(OC)c(O)c1Cl. The van der Waals surface area contributed by atoms with Crippen molar-refractivity contribution in [3.05, 3.63) is 21.7 Å². The van der Waals surface area contributed by atoms with Crippen LogP contribution in [0, 0.1) is 0 Å². The van der Waals surface area contributed by atoms with Gasteiger partial charge in [0.1, 0.15) is 5.02 Å². The van der Waals surface area contributed by atoms with Crippen molar-refractivity contribution in [1.82, 2.24) is 0 Å². The molecular formula is C10H10Cl2O4. The zero-order valence-electron chi connectivity index (χ0n) is 8.71. The normalized spacial score (nSPS) is 10.0. The maximum atomic E-state index is 11.5. The van der Waals surface area contributed by atoms with Gasteiger partial charge in [0.2, 0.25) is 0 Å². The average molecular weight is 265 g/mol. The van der Waals surface area contributed by atoms with Crippen molar-refractivity contribution >= 4 is 29.2 Å². The zero-order chi connectivity index (χ0) is 12.3. The summed E-state index contributed by atoms with van der Waals surface area (Å²) in [6.07, 6.45) is 0. The van der Waals surface area contributed by atoms with Crippen LogP contribution in [0.3, 0.4) is 0 Å². The molecule has 0 aromatic heterocycles. The van der Waals surface area contributed by atoms with Gasteiger partial charge in [-0.2, -0.15) is 0 Å². The number of esters is 1. The third kappa shape index (κ3) is 2.33. The van der Waals surface area contributed by atoms with Crippen LogP contribution in [-0.2, 0) is 4.74 Å². The molecule has 0 unspecified atom stereocenters. The molecule has 1 aromatic rings. The highest BCUT2D eigenvalue weighted by atomic mass is 35.5. The Labute approximate surface area is 103 Å². The Bertz CT molecular complexity index is 418. The second-order valence-electron chi connectivity index (χ2n) is 2.82. The second-order valence-corrected chi connectivity index (χ2v) is 3.61. The molecule has 0 radical (unpaired) electrons. The summed E-state index contributed by atoms with van der Waals surface area (Å²) >= 11 is 11.6. The van der Waals surface area contributed by atoms with Gasteiger partial charge in [0.25, 0.3) is 0 Å². The number of aromatic hydroxyl groups is 1. The van der Waals surface area contributed by atoms with Crippen LogP contribution in [0.15, 0.2) is 6.07 Å². The van der Waals surface area contributed by atoms with Crippen LogP contribution < -0.4 is 4.74 Å². The molecule has 16 heavy (non-hydrogen) atoms. The monoisotopic (exact) mass is 264 g/mol. The number of phenolic OH excluding ortho intramolecular Hbond substituents is 1. The number of carbonyl (C=O) groups is 1. The predicted molar refractivity (Wildman–Crippen MR) is 60.6 cm³/mol. The largest absolute Gasteiger partial charge is 0.503 e. The molecule has 0 aliphatic rings. The van der Waals surface area contributed by atoms with Gasteiger partial charge in [-0.3, -0.25) is 0 Å². The van der Waals surface area contributed by atoms with E-state index >= 15 is 0 Å². The Morgan fingerprint density at radius 3 is 2.62 bits per heavy atom. The van der Waals surface area contributed by atoms with E-state index in [1.807, 2.05) is 0 Å². The number of hydrogen-bond acceptors (Lipinski definition) is 4. The summed E-state index contributed by atoms with van der Waals surface area (Å²) in [7, 11) is 1.33. The Balaban J connectivity index is 3.28. The molecule has 1 rings (SSSR count). The Morgan fingerprint density at radius 1 is 1.50 bits per heavy atom. The molecule has 0 heterocycles. The van der Waals surface area contributed by atoms with Crippen molar-refractivity contribution in [3.8, 4) is 11.5 Å². The molecule has 0 aliphatic carbocycles. The lowest BCUT2D eigenvalue weighted by atomic mass is 10.2. The lowest BCUT2D eigenvalue weighted by Crippen LogP contribution is -2.06. The Hall–Kier alpha value is -1.13. The molecule has 0 bridgehead atoms. The van der Waals surface area contributed by atoms with Gasteiger partial charge in [0, 0.05) is 0 Å². The molecule has 0 saturated heterocycles. The summed E-state index contributed by atoms with van der Waals surface area (Å²) in [6, 6.07) is 1.29. The minimum atomic E-state index is -0.646. The summed E-state index contributed by atoms with van der Waals surface area (Å²) in [6.45, 7) is 1.87. The lowest BCUT2D eigenvalue weighted by molar-refractivity contribution is 0.0526. The van der Waals surface area contributed by atoms with Crippen molar-refractivity contribution in [2.45, 2.75) is 6.92 Å². The smallest absolute Gasteiger partial charge is 0.339 e. The van der Waals surface area contributed by atoms with E-state index in [2.05, 4.69) is 0 Å². The van der Waals surface area contributed by atoms with Crippen LogP contribution in [0.5, 0.6) is 11.5 Å². The molecule has 6 heteroatoms. The maximum absolute atomic E-state index is 11.5. The zero-order valence-corrected chi connectivity index (χ0v) is 10.2. The Kier molecular flexibility index (Phi) is 4.26. The Morgan fingerprint density at radius 2 is 2.12 bits per heavy atom. The first kappa shape index (κ1) is 12.9. The number of halogens is 2. The van der Waals surface area contributed by atoms with E-state index in [1.54, 1.807) is 6.92 Å². The van der Waals surface area contributed by atoms with E-state index in [9.17, 15) is 9.90 Å². The highest BCUT2D eigenvalue weighted by Gasteiger charge is 2.21. The van der Waals surface area contributed by atoms with Crippen LogP contribution >= 0.6 is 23.2 Å². The van der Waals surface area contributed by atoms with Crippen LogP contribution in [0.25, 0.3) is 0 Å². The fraction of sp³-hybridized carbons (Fsp3) is 0.300. The lowest BCUT2D eigenvalue weighted by Gasteiger charge is -2.10. The van der Waals surface area contributed by atoms with Crippen molar-refractivity contribution in [2.75, 3.05) is 13.7 Å². The van der Waals surface area contributed by atoms with E-state index in [-0.39, 0.29) is 33.7 Å². The van der Waals surface area contributed by atoms with Gasteiger partial charge in [-0.15, -0.1) is 0 Å². The quantitative estimate of drug-likeness (QED) is 0.854. The number of methoxy groups -OCH3 is 1. The molecular weight excluding hydrogens is 255 g/mol. The van der Waals surface area contributed by atoms with Crippen molar-refractivity contribution in [3.63, 3.8) is 0 Å². The van der Waals surface area contributed by atoms with Crippen molar-refractivity contribution in [2.24, 2.45) is 0 Å². The topological polar surface area (TPSA) is 55.8 Å². The molecule has 0 aliphatic heterocycles. The fourth-order valence-electron chi connectivity index (χ4n) is 1.15. The molecule has 4 nitrogen and oxygen atoms in total. The van der Waals surface area contributed by atoms with Gasteiger partial charge in [-0.05, 0) is 13.0 Å². The fourth-order valence-corrected chi connectivity index (χ4v) is 1.64. The summed E-state index contributed by atoms with van der Waals surface area (Å²) in [5.41, 5.74) is 0.00631. The van der Waals surface area contributed by atoms with Crippen LogP contribution in [0.2, 0.25) is 10.0 Å². The minimum Gasteiger partial charge on any atom is -0.503 e. The van der Waals surface area contributed by atoms with Gasteiger partial charge >= 0.3 is 5.97 Å². The summed E-state index contributed by atoms with van der Waals surface area (Å²) in [5.74, 6) is -0.994. The predicted octanol–water partition coefficient (Wildman–Crippen LogP) is 2.88. The van der Waals surface area contributed by atoms with Gasteiger partial charge < -0.3 is 14.6 Å². The molecule has 0 atom stereocenters. The summed E-state index contributed by atoms with van der Waals surface area (Å²) in [4.78, 5) is 11.5. The summed E-state index contributed by atoms with van der Waals surface area (Å²) < 4.78 is 9.59. The molecule has 0 spiro atoms. The molecule has 0 amide bonds. The van der Waals surface area contributed by atoms with Crippen LogP contribution in [0.1, 0.15) is 17.3 Å². The maximum Gasteiger partial charge on any atom is 0.339 e. The number of benzene rings is 1. The van der Waals surface area contributed by atoms with E-state index in [1.165, 1.54) is 13.2 Å². The first-order valence-corrected chi connectivity index (χ1v) is 5.20. The minimum absolute atomic E-state index is 0.00631. The number of rotatable bonds is 3. The standard InChI is InChI=1S/C10H10Cl2O4/c1-3-16-10(14)5-4-6(11)9(15-2)8(13)7(5)12/h4,13H,3H2,1-2H3. The number of ether oxygens (including phenoxy) is 2. The number of carbonyl (C=O) groups excluding carboxylic acids is 1. The molecule has 88 valence electrons. The van der Waals surface area contributed by atoms with Crippen molar-refractivity contribution in [1.29, 1.82) is 0 Å². The highest BCUT2D eigenvalue weighted by Crippen LogP contribution is 2.42. The van der Waals surface area contributed by atoms with E-state index < -0.39 is 5.97 Å². The molecule has 1 N–H and O–H groups in total. The molecule has 0 saturated carbocycles. The summed E-state index contributed by atoms with van der Waals surface area (Å²) in [5, 5.41) is 9.58. The van der Waals surface area contributed by atoms with E-state index in [4.69, 9.17) is 32.7 Å². The van der Waals surface area contributed by atoms with Gasteiger partial charge in [-0.1, -0.05) is 23.2 Å². The first-order valence-electron chi connectivity index (χ1n) is 4.45. The van der Waals surface area contributed by atoms with Gasteiger partial charge in [0.15, 0.2) is 11.5 Å². The number of phenols is 1. The highest BCUT2D eigenvalue weighted by molar-refractivity contribution is 6.38. The van der Waals surface area contributed by atoms with Gasteiger partial charge in [0.05, 0.1) is 24.3 Å². The third-order valence-corrected chi connectivity index (χ3v) is 2.51. The average Bonchev–Trinajstić information content (AvgIpc) is 2.24. The first-order chi connectivity index (χ1) is 7.52. The van der Waals surface area contributed by atoms with Gasteiger partial charge in [-0.25, -0.2) is 4.79 Å². The molecule has 1 aromatic carbocycles. The van der Waals surface area contributed by atoms with Crippen LogP contribution in [-0.4, -0.2) is 24.8 Å². The van der Waals surface area contributed by atoms with Crippen LogP contribution in [0.4, 0.5) is 0 Å². The van der Waals surface area contributed by atoms with E-state index in [0.29, 0.717) is 0 Å².